The number of hydrogen-bond acceptors (Lipinski definition) is 7. The molecule has 1 saturated heterocycles. The van der Waals surface area contributed by atoms with Crippen LogP contribution in [0.5, 0.6) is 0 Å². The summed E-state index contributed by atoms with van der Waals surface area (Å²) in [5.74, 6) is 4.21. The zero-order chi connectivity index (χ0) is 18.2. The van der Waals surface area contributed by atoms with Crippen molar-refractivity contribution in [1.29, 1.82) is 0 Å². The lowest BCUT2D eigenvalue weighted by Gasteiger charge is -2.33. The lowest BCUT2D eigenvalue weighted by atomic mass is 10.0. The van der Waals surface area contributed by atoms with E-state index in [1.54, 1.807) is 11.3 Å². The van der Waals surface area contributed by atoms with E-state index in [-0.39, 0.29) is 0 Å². The number of anilines is 1. The van der Waals surface area contributed by atoms with Gasteiger partial charge in [0.15, 0.2) is 0 Å². The second-order valence-electron chi connectivity index (χ2n) is 7.52. The van der Waals surface area contributed by atoms with Crippen molar-refractivity contribution in [3.05, 3.63) is 28.9 Å². The van der Waals surface area contributed by atoms with Crippen molar-refractivity contribution in [1.82, 2.24) is 30.0 Å². The van der Waals surface area contributed by atoms with Gasteiger partial charge in [0.1, 0.15) is 28.1 Å². The third-order valence-electron chi connectivity index (χ3n) is 5.70. The molecule has 5 rings (SSSR count). The summed E-state index contributed by atoms with van der Waals surface area (Å²) in [6.45, 7) is 5.92. The predicted octanol–water partition coefficient (Wildman–Crippen LogP) is 2.69. The zero-order valence-electron chi connectivity index (χ0n) is 15.7. The van der Waals surface area contributed by atoms with Crippen LogP contribution in [0.25, 0.3) is 10.2 Å². The van der Waals surface area contributed by atoms with Gasteiger partial charge in [0.05, 0.1) is 11.9 Å². The summed E-state index contributed by atoms with van der Waals surface area (Å²) in [4.78, 5) is 12.8. The molecule has 7 nitrogen and oxygen atoms in total. The van der Waals surface area contributed by atoms with E-state index in [2.05, 4.69) is 41.4 Å². The van der Waals surface area contributed by atoms with Gasteiger partial charge in [0, 0.05) is 32.1 Å². The predicted molar refractivity (Wildman–Crippen MR) is 107 cm³/mol. The Hall–Kier alpha value is -2.06. The molecule has 0 bridgehead atoms. The van der Waals surface area contributed by atoms with Crippen molar-refractivity contribution in [2.24, 2.45) is 0 Å². The first kappa shape index (κ1) is 17.1. The zero-order valence-corrected chi connectivity index (χ0v) is 16.5. The van der Waals surface area contributed by atoms with Crippen LogP contribution in [0.4, 0.5) is 5.82 Å². The first-order chi connectivity index (χ1) is 13.3. The summed E-state index contributed by atoms with van der Waals surface area (Å²) >= 11 is 1.69. The Kier molecular flexibility index (Phi) is 4.53. The molecule has 8 heteroatoms. The minimum atomic E-state index is 0.527. The van der Waals surface area contributed by atoms with E-state index in [1.165, 1.54) is 18.2 Å². The van der Waals surface area contributed by atoms with E-state index in [9.17, 15) is 0 Å². The molecular formula is C19H25N7S. The number of piperidine rings is 1. The molecule has 0 atom stereocenters. The van der Waals surface area contributed by atoms with Crippen molar-refractivity contribution < 1.29 is 0 Å². The fourth-order valence-corrected chi connectivity index (χ4v) is 5.02. The molecule has 5 heterocycles. The number of nitrogens with zero attached hydrogens (tertiary/aromatic N) is 6. The minimum Gasteiger partial charge on any atom is -0.356 e. The first-order valence-corrected chi connectivity index (χ1v) is 10.8. The van der Waals surface area contributed by atoms with Gasteiger partial charge in [-0.25, -0.2) is 9.97 Å². The van der Waals surface area contributed by atoms with Crippen LogP contribution in [-0.2, 0) is 19.5 Å². The number of aryl methyl sites for hydroxylation is 2. The molecule has 27 heavy (non-hydrogen) atoms. The molecule has 142 valence electrons. The monoisotopic (exact) mass is 383 g/mol. The highest BCUT2D eigenvalue weighted by molar-refractivity contribution is 7.16. The van der Waals surface area contributed by atoms with E-state index < -0.39 is 0 Å². The van der Waals surface area contributed by atoms with Crippen LogP contribution in [0, 0.1) is 6.92 Å². The van der Waals surface area contributed by atoms with Crippen LogP contribution < -0.4 is 10.2 Å². The highest BCUT2D eigenvalue weighted by Gasteiger charge is 2.23. The first-order valence-electron chi connectivity index (χ1n) is 9.89. The van der Waals surface area contributed by atoms with Crippen LogP contribution in [0.1, 0.15) is 43.2 Å². The van der Waals surface area contributed by atoms with Crippen LogP contribution in [0.2, 0.25) is 0 Å². The van der Waals surface area contributed by atoms with Gasteiger partial charge in [-0.05, 0) is 44.1 Å². The summed E-state index contributed by atoms with van der Waals surface area (Å²) in [6, 6.07) is 2.67. The van der Waals surface area contributed by atoms with Crippen molar-refractivity contribution in [3.8, 4) is 0 Å². The molecule has 0 aromatic carbocycles. The van der Waals surface area contributed by atoms with E-state index >= 15 is 0 Å². The lowest BCUT2D eigenvalue weighted by Crippen LogP contribution is -2.43. The number of thiophene rings is 1. The number of hydrogen-bond donors (Lipinski definition) is 1. The molecule has 3 aromatic rings. The highest BCUT2D eigenvalue weighted by Crippen LogP contribution is 2.29. The quantitative estimate of drug-likeness (QED) is 0.747. The van der Waals surface area contributed by atoms with Gasteiger partial charge in [0.25, 0.3) is 0 Å². The van der Waals surface area contributed by atoms with Crippen molar-refractivity contribution in [2.45, 2.75) is 58.2 Å². The average molecular weight is 384 g/mol. The largest absolute Gasteiger partial charge is 0.356 e. The molecule has 0 unspecified atom stereocenters. The van der Waals surface area contributed by atoms with Gasteiger partial charge in [0.2, 0.25) is 0 Å². The van der Waals surface area contributed by atoms with Gasteiger partial charge in [-0.3, -0.25) is 0 Å². The summed E-state index contributed by atoms with van der Waals surface area (Å²) in [7, 11) is 0. The number of rotatable bonds is 4. The Bertz CT molecular complexity index is 939. The van der Waals surface area contributed by atoms with Crippen molar-refractivity contribution in [2.75, 3.05) is 18.0 Å². The summed E-state index contributed by atoms with van der Waals surface area (Å²) in [5, 5.41) is 15.8. The highest BCUT2D eigenvalue weighted by atomic mass is 32.1. The molecule has 0 amide bonds. The van der Waals surface area contributed by atoms with Gasteiger partial charge in [-0.15, -0.1) is 21.5 Å². The van der Waals surface area contributed by atoms with Gasteiger partial charge in [-0.2, -0.15) is 0 Å². The molecule has 0 radical (unpaired) electrons. The third kappa shape index (κ3) is 3.32. The van der Waals surface area contributed by atoms with E-state index in [0.29, 0.717) is 6.04 Å². The molecule has 1 fully saturated rings. The SMILES string of the molecule is Cc1nc(N2CCC(NCc3nnc4n3CCCC4)CC2)c2ccsc2n1. The third-order valence-corrected chi connectivity index (χ3v) is 6.50. The maximum atomic E-state index is 4.74. The standard InChI is InChI=1S/C19H25N7S/c1-13-21-18(15-7-11-27-19(15)22-13)25-9-5-14(6-10-25)20-12-17-24-23-16-4-2-3-8-26(16)17/h7,11,14,20H,2-6,8-10,12H2,1H3. The Labute approximate surface area is 162 Å². The van der Waals surface area contributed by atoms with Crippen LogP contribution in [0.3, 0.4) is 0 Å². The van der Waals surface area contributed by atoms with E-state index in [0.717, 1.165) is 73.6 Å². The molecule has 2 aliphatic heterocycles. The van der Waals surface area contributed by atoms with Gasteiger partial charge >= 0.3 is 0 Å². The molecule has 3 aromatic heterocycles. The maximum absolute atomic E-state index is 4.74. The topological polar surface area (TPSA) is 71.8 Å². The number of fused-ring (bicyclic) bond motifs is 2. The normalized spacial score (nSPS) is 18.2. The molecule has 0 aliphatic carbocycles. The fourth-order valence-electron chi connectivity index (χ4n) is 4.21. The average Bonchev–Trinajstić information content (AvgIpc) is 3.33. The van der Waals surface area contributed by atoms with E-state index in [1.807, 2.05) is 6.92 Å². The van der Waals surface area contributed by atoms with Gasteiger partial charge in [-0.1, -0.05) is 0 Å². The molecule has 1 N–H and O–H groups in total. The maximum Gasteiger partial charge on any atom is 0.147 e. The second-order valence-corrected chi connectivity index (χ2v) is 8.41. The van der Waals surface area contributed by atoms with Crippen LogP contribution in [0.15, 0.2) is 11.4 Å². The minimum absolute atomic E-state index is 0.527. The lowest BCUT2D eigenvalue weighted by molar-refractivity contribution is 0.400. The van der Waals surface area contributed by atoms with Crippen LogP contribution >= 0.6 is 11.3 Å². The fraction of sp³-hybridized carbons (Fsp3) is 0.579. The number of nitrogens with one attached hydrogen (secondary N) is 1. The molecule has 0 spiro atoms. The smallest absolute Gasteiger partial charge is 0.147 e. The summed E-state index contributed by atoms with van der Waals surface area (Å²) < 4.78 is 2.31. The summed E-state index contributed by atoms with van der Waals surface area (Å²) in [6.07, 6.45) is 5.79. The molecule has 2 aliphatic rings. The molecule has 0 saturated carbocycles. The second kappa shape index (κ2) is 7.16. The summed E-state index contributed by atoms with van der Waals surface area (Å²) in [5.41, 5.74) is 0. The Morgan fingerprint density at radius 3 is 2.93 bits per heavy atom. The Morgan fingerprint density at radius 1 is 1.15 bits per heavy atom. The van der Waals surface area contributed by atoms with Gasteiger partial charge < -0.3 is 14.8 Å². The molecular weight excluding hydrogens is 358 g/mol. The van der Waals surface area contributed by atoms with E-state index in [4.69, 9.17) is 4.98 Å². The Balaban J connectivity index is 1.22. The van der Waals surface area contributed by atoms with Crippen molar-refractivity contribution in [3.63, 3.8) is 0 Å². The van der Waals surface area contributed by atoms with Crippen molar-refractivity contribution >= 4 is 27.4 Å². The number of aromatic nitrogens is 5. The van der Waals surface area contributed by atoms with Crippen LogP contribution in [-0.4, -0.2) is 43.9 Å². The Morgan fingerprint density at radius 2 is 2.04 bits per heavy atom.